The predicted molar refractivity (Wildman–Crippen MR) is 121 cm³/mol. The molecule has 0 bridgehead atoms. The first-order valence-corrected chi connectivity index (χ1v) is 10.5. The highest BCUT2D eigenvalue weighted by atomic mass is 35.5. The minimum absolute atomic E-state index is 0.0825. The van der Waals surface area contributed by atoms with Crippen LogP contribution < -0.4 is 5.56 Å². The lowest BCUT2D eigenvalue weighted by molar-refractivity contribution is 0.317. The molecule has 0 aliphatic carbocycles. The smallest absolute Gasteiger partial charge is 0.275 e. The molecule has 0 aliphatic heterocycles. The maximum absolute atomic E-state index is 13.0. The van der Waals surface area contributed by atoms with E-state index >= 15 is 0 Å². The molecular formula is C24H26ClN3O. The molecule has 0 amide bonds. The van der Waals surface area contributed by atoms with E-state index in [1.807, 2.05) is 57.6 Å². The average molecular weight is 408 g/mol. The van der Waals surface area contributed by atoms with Gasteiger partial charge in [0.05, 0.1) is 11.0 Å². The third-order valence-corrected chi connectivity index (χ3v) is 5.74. The number of nitrogens with zero attached hydrogens (tertiary/aromatic N) is 3. The Balaban J connectivity index is 1.36. The van der Waals surface area contributed by atoms with Crippen molar-refractivity contribution >= 4 is 28.2 Å². The molecule has 4 rings (SSSR count). The quantitative estimate of drug-likeness (QED) is 0.417. The summed E-state index contributed by atoms with van der Waals surface area (Å²) in [6, 6.07) is 20.0. The lowest BCUT2D eigenvalue weighted by Crippen LogP contribution is -2.26. The number of halogens is 1. The van der Waals surface area contributed by atoms with Crippen LogP contribution in [0.3, 0.4) is 0 Å². The molecule has 2 aromatic carbocycles. The van der Waals surface area contributed by atoms with Crippen LogP contribution >= 0.6 is 11.6 Å². The van der Waals surface area contributed by atoms with Crippen molar-refractivity contribution in [3.8, 4) is 0 Å². The second kappa shape index (κ2) is 8.85. The SMILES string of the molecule is CN(CCCc1ccc(Cl)cc1)CCCn1c(=O)c2cccn2c2ccccc21. The number of fused-ring (bicyclic) bond motifs is 3. The van der Waals surface area contributed by atoms with Gasteiger partial charge in [-0.05, 0) is 81.4 Å². The summed E-state index contributed by atoms with van der Waals surface area (Å²) in [6.07, 6.45) is 5.06. The number of aromatic nitrogens is 2. The first-order chi connectivity index (χ1) is 14.1. The number of aryl methyl sites for hydroxylation is 2. The summed E-state index contributed by atoms with van der Waals surface area (Å²) < 4.78 is 3.91. The van der Waals surface area contributed by atoms with Crippen LogP contribution in [0.15, 0.2) is 71.7 Å². The zero-order valence-electron chi connectivity index (χ0n) is 16.7. The van der Waals surface area contributed by atoms with Crippen molar-refractivity contribution in [2.75, 3.05) is 20.1 Å². The summed E-state index contributed by atoms with van der Waals surface area (Å²) in [6.45, 7) is 2.73. The molecule has 2 heterocycles. The van der Waals surface area contributed by atoms with Crippen molar-refractivity contribution < 1.29 is 0 Å². The predicted octanol–water partition coefficient (Wildman–Crippen LogP) is 4.86. The van der Waals surface area contributed by atoms with Crippen LogP contribution in [-0.2, 0) is 13.0 Å². The second-order valence-electron chi connectivity index (χ2n) is 7.60. The van der Waals surface area contributed by atoms with Gasteiger partial charge in [0.2, 0.25) is 0 Å². The highest BCUT2D eigenvalue weighted by Crippen LogP contribution is 2.15. The number of benzene rings is 2. The van der Waals surface area contributed by atoms with Crippen LogP contribution in [0.1, 0.15) is 18.4 Å². The van der Waals surface area contributed by atoms with E-state index in [4.69, 9.17) is 11.6 Å². The molecule has 0 N–H and O–H groups in total. The van der Waals surface area contributed by atoms with Crippen LogP contribution in [0, 0.1) is 0 Å². The summed E-state index contributed by atoms with van der Waals surface area (Å²) in [7, 11) is 2.15. The zero-order valence-corrected chi connectivity index (χ0v) is 17.5. The molecule has 2 aromatic heterocycles. The van der Waals surface area contributed by atoms with Gasteiger partial charge in [0.15, 0.2) is 0 Å². The fourth-order valence-electron chi connectivity index (χ4n) is 3.95. The van der Waals surface area contributed by atoms with Crippen molar-refractivity contribution in [1.29, 1.82) is 0 Å². The van der Waals surface area contributed by atoms with Crippen molar-refractivity contribution in [3.63, 3.8) is 0 Å². The van der Waals surface area contributed by atoms with Crippen molar-refractivity contribution in [1.82, 2.24) is 13.9 Å². The Hall–Kier alpha value is -2.56. The Kier molecular flexibility index (Phi) is 6.02. The lowest BCUT2D eigenvalue weighted by atomic mass is 10.1. The van der Waals surface area contributed by atoms with Gasteiger partial charge in [-0.15, -0.1) is 0 Å². The Morgan fingerprint density at radius 3 is 2.34 bits per heavy atom. The van der Waals surface area contributed by atoms with E-state index < -0.39 is 0 Å². The highest BCUT2D eigenvalue weighted by molar-refractivity contribution is 6.30. The molecule has 0 spiro atoms. The maximum Gasteiger partial charge on any atom is 0.275 e. The van der Waals surface area contributed by atoms with E-state index in [1.165, 1.54) is 5.56 Å². The van der Waals surface area contributed by atoms with Crippen molar-refractivity contribution in [3.05, 3.63) is 87.8 Å². The lowest BCUT2D eigenvalue weighted by Gasteiger charge is -2.18. The Morgan fingerprint density at radius 2 is 1.55 bits per heavy atom. The Labute approximate surface area is 175 Å². The van der Waals surface area contributed by atoms with E-state index in [0.29, 0.717) is 0 Å². The number of hydrogen-bond donors (Lipinski definition) is 0. The Morgan fingerprint density at radius 1 is 0.862 bits per heavy atom. The third kappa shape index (κ3) is 4.39. The fourth-order valence-corrected chi connectivity index (χ4v) is 4.07. The van der Waals surface area contributed by atoms with Crippen molar-refractivity contribution in [2.24, 2.45) is 0 Å². The van der Waals surface area contributed by atoms with Gasteiger partial charge in [-0.1, -0.05) is 35.9 Å². The summed E-state index contributed by atoms with van der Waals surface area (Å²) in [5, 5.41) is 0.784. The topological polar surface area (TPSA) is 29.7 Å². The van der Waals surface area contributed by atoms with Gasteiger partial charge in [0, 0.05) is 17.8 Å². The minimum atomic E-state index is 0.0825. The number of rotatable bonds is 8. The molecule has 0 fully saturated rings. The van der Waals surface area contributed by atoms with E-state index in [2.05, 4.69) is 30.1 Å². The fraction of sp³-hybridized carbons (Fsp3) is 0.292. The molecule has 150 valence electrons. The van der Waals surface area contributed by atoms with Gasteiger partial charge in [0.1, 0.15) is 5.52 Å². The van der Waals surface area contributed by atoms with Crippen LogP contribution in [0.4, 0.5) is 0 Å². The molecular weight excluding hydrogens is 382 g/mol. The first-order valence-electron chi connectivity index (χ1n) is 10.1. The van der Waals surface area contributed by atoms with Gasteiger partial charge < -0.3 is 13.9 Å². The van der Waals surface area contributed by atoms with Gasteiger partial charge in [-0.25, -0.2) is 0 Å². The molecule has 4 aromatic rings. The normalized spacial score (nSPS) is 11.7. The maximum atomic E-state index is 13.0. The third-order valence-electron chi connectivity index (χ3n) is 5.49. The van der Waals surface area contributed by atoms with E-state index in [-0.39, 0.29) is 5.56 Å². The molecule has 4 nitrogen and oxygen atoms in total. The summed E-state index contributed by atoms with van der Waals surface area (Å²) in [4.78, 5) is 15.3. The van der Waals surface area contributed by atoms with Crippen molar-refractivity contribution in [2.45, 2.75) is 25.8 Å². The van der Waals surface area contributed by atoms with E-state index in [9.17, 15) is 4.79 Å². The van der Waals surface area contributed by atoms with Crippen LogP contribution in [-0.4, -0.2) is 34.0 Å². The summed E-state index contributed by atoms with van der Waals surface area (Å²) >= 11 is 5.94. The molecule has 29 heavy (non-hydrogen) atoms. The average Bonchev–Trinajstić information content (AvgIpc) is 3.22. The molecule has 0 saturated heterocycles. The Bertz CT molecular complexity index is 1160. The zero-order chi connectivity index (χ0) is 20.2. The summed E-state index contributed by atoms with van der Waals surface area (Å²) in [5.74, 6) is 0. The largest absolute Gasteiger partial charge is 0.310 e. The molecule has 0 aliphatic rings. The van der Waals surface area contributed by atoms with Gasteiger partial charge in [-0.3, -0.25) is 4.79 Å². The van der Waals surface area contributed by atoms with Gasteiger partial charge >= 0.3 is 0 Å². The second-order valence-corrected chi connectivity index (χ2v) is 8.03. The summed E-state index contributed by atoms with van der Waals surface area (Å²) in [5.41, 5.74) is 4.20. The van der Waals surface area contributed by atoms with Gasteiger partial charge in [0.25, 0.3) is 5.56 Å². The van der Waals surface area contributed by atoms with Crippen LogP contribution in [0.5, 0.6) is 0 Å². The van der Waals surface area contributed by atoms with Gasteiger partial charge in [-0.2, -0.15) is 0 Å². The number of hydrogen-bond acceptors (Lipinski definition) is 2. The number of para-hydroxylation sites is 2. The monoisotopic (exact) mass is 407 g/mol. The molecule has 0 atom stereocenters. The van der Waals surface area contributed by atoms with E-state index in [0.717, 1.165) is 60.5 Å². The molecule has 5 heteroatoms. The molecule has 0 saturated carbocycles. The van der Waals surface area contributed by atoms with E-state index in [1.54, 1.807) is 0 Å². The first kappa shape index (κ1) is 19.7. The highest BCUT2D eigenvalue weighted by Gasteiger charge is 2.10. The standard InChI is InChI=1S/C24H26ClN3O/c1-26(15-4-7-19-11-13-20(25)14-12-19)16-6-18-28-22-9-3-2-8-21(22)27-17-5-10-23(27)24(28)29/h2-3,5,8-14,17H,4,6-7,15-16,18H2,1H3. The molecule has 0 unspecified atom stereocenters. The van der Waals surface area contributed by atoms with Crippen LogP contribution in [0.2, 0.25) is 5.02 Å². The van der Waals surface area contributed by atoms with Crippen LogP contribution in [0.25, 0.3) is 16.6 Å². The minimum Gasteiger partial charge on any atom is -0.310 e. The molecule has 0 radical (unpaired) electrons.